The van der Waals surface area contributed by atoms with Gasteiger partial charge in [0.15, 0.2) is 8.07 Å². The van der Waals surface area contributed by atoms with Crippen LogP contribution in [0.2, 0.25) is 0 Å². The summed E-state index contributed by atoms with van der Waals surface area (Å²) in [6, 6.07) is 80.8. The van der Waals surface area contributed by atoms with Gasteiger partial charge in [-0.25, -0.2) is 4.98 Å². The first-order valence-corrected chi connectivity index (χ1v) is 26.5. The summed E-state index contributed by atoms with van der Waals surface area (Å²) in [6.07, 6.45) is 1.59. The van der Waals surface area contributed by atoms with Gasteiger partial charge in [0.1, 0.15) is 24.0 Å². The van der Waals surface area contributed by atoms with Gasteiger partial charge in [0.2, 0.25) is 0 Å². The Kier molecular flexibility index (Phi) is 8.67. The first kappa shape index (κ1) is 36.7. The topological polar surface area (TPSA) is 33.5 Å². The van der Waals surface area contributed by atoms with Crippen molar-refractivity contribution in [3.63, 3.8) is 0 Å². The summed E-state index contributed by atoms with van der Waals surface area (Å²) in [6.45, 7) is -1.92. The van der Waals surface area contributed by atoms with Crippen LogP contribution >= 0.6 is 0 Å². The van der Waals surface area contributed by atoms with E-state index >= 15 is 0 Å². The maximum Gasteiger partial charge on any atom is 0.181 e. The van der Waals surface area contributed by atoms with Gasteiger partial charge in [0, 0.05) is 55.6 Å². The van der Waals surface area contributed by atoms with Crippen molar-refractivity contribution in [1.29, 1.82) is 0 Å². The number of nitrogens with zero attached hydrogens (tertiary/aromatic N) is 4. The summed E-state index contributed by atoms with van der Waals surface area (Å²) in [5.74, 6) is 1.79. The molecular formula is C67H48N4OSi. The Morgan fingerprint density at radius 2 is 1.16 bits per heavy atom. The molecule has 2 aliphatic rings. The summed E-state index contributed by atoms with van der Waals surface area (Å²) in [5.41, 5.74) is 11.5. The summed E-state index contributed by atoms with van der Waals surface area (Å²) >= 11 is 0. The molecule has 0 saturated heterocycles. The van der Waals surface area contributed by atoms with Crippen LogP contribution < -0.4 is 35.3 Å². The third-order valence-corrected chi connectivity index (χ3v) is 19.6. The molecule has 0 aliphatic carbocycles. The van der Waals surface area contributed by atoms with E-state index in [9.17, 15) is 0 Å². The lowest BCUT2D eigenvalue weighted by atomic mass is 9.95. The Morgan fingerprint density at radius 3 is 1.92 bits per heavy atom. The molecule has 2 aromatic heterocycles. The monoisotopic (exact) mass is 958 g/mol. The van der Waals surface area contributed by atoms with E-state index in [1.165, 1.54) is 20.7 Å². The van der Waals surface area contributed by atoms with Gasteiger partial charge in [-0.1, -0.05) is 200 Å². The first-order chi connectivity index (χ1) is 38.6. The number of benzene rings is 10. The lowest BCUT2D eigenvalue weighted by Crippen LogP contribution is -2.73. The third-order valence-electron chi connectivity index (χ3n) is 14.7. The lowest BCUT2D eigenvalue weighted by molar-refractivity contribution is 0.485. The minimum Gasteiger partial charge on any atom is -0.457 e. The highest BCUT2D eigenvalue weighted by Crippen LogP contribution is 2.51. The predicted octanol–water partition coefficient (Wildman–Crippen LogP) is 14.2. The molecule has 0 spiro atoms. The van der Waals surface area contributed by atoms with Crippen molar-refractivity contribution in [2.45, 2.75) is 6.85 Å². The Labute approximate surface area is 434 Å². The van der Waals surface area contributed by atoms with Crippen LogP contribution in [0.3, 0.4) is 0 Å². The summed E-state index contributed by atoms with van der Waals surface area (Å²) < 4.78 is 60.6. The van der Waals surface area contributed by atoms with E-state index in [1.807, 2.05) is 48.5 Å². The van der Waals surface area contributed by atoms with Gasteiger partial charge >= 0.3 is 0 Å². The Bertz CT molecular complexity index is 4320. The highest BCUT2D eigenvalue weighted by atomic mass is 28.3. The van der Waals surface area contributed by atoms with E-state index in [2.05, 4.69) is 178 Å². The quantitative estimate of drug-likeness (QED) is 0.135. The highest BCUT2D eigenvalue weighted by Gasteiger charge is 2.51. The van der Waals surface area contributed by atoms with E-state index in [0.29, 0.717) is 29.5 Å². The fraction of sp³-hybridized carbons (Fsp3) is 0.0299. The Balaban J connectivity index is 0.981. The molecule has 6 heteroatoms. The largest absolute Gasteiger partial charge is 0.457 e. The predicted molar refractivity (Wildman–Crippen MR) is 305 cm³/mol. The highest BCUT2D eigenvalue weighted by molar-refractivity contribution is 7.23. The number of anilines is 4. The second-order valence-electron chi connectivity index (χ2n) is 18.6. The molecule has 346 valence electrons. The lowest BCUT2D eigenvalue weighted by Gasteiger charge is -2.32. The first-order valence-electron chi connectivity index (χ1n) is 27.5. The van der Waals surface area contributed by atoms with Crippen LogP contribution in [0, 0.1) is 6.85 Å². The fourth-order valence-corrected chi connectivity index (χ4v) is 17.2. The molecule has 12 aromatic rings. The van der Waals surface area contributed by atoms with Crippen LogP contribution in [-0.2, 0) is 0 Å². The second-order valence-corrected chi connectivity index (χ2v) is 22.3. The zero-order valence-electron chi connectivity index (χ0n) is 45.5. The van der Waals surface area contributed by atoms with Gasteiger partial charge in [-0.3, -0.25) is 4.57 Å². The van der Waals surface area contributed by atoms with Gasteiger partial charge in [-0.05, 0) is 92.3 Å². The van der Waals surface area contributed by atoms with Crippen LogP contribution in [0.15, 0.2) is 261 Å². The third kappa shape index (κ3) is 6.72. The van der Waals surface area contributed by atoms with Gasteiger partial charge in [0.05, 0.1) is 32.2 Å². The zero-order valence-corrected chi connectivity index (χ0v) is 40.5. The van der Waals surface area contributed by atoms with Crippen LogP contribution in [0.5, 0.6) is 11.5 Å². The van der Waals surface area contributed by atoms with Gasteiger partial charge < -0.3 is 14.5 Å². The molecule has 0 bridgehead atoms. The number of fused-ring (bicyclic) bond motifs is 8. The van der Waals surface area contributed by atoms with E-state index < -0.39 is 14.9 Å². The van der Waals surface area contributed by atoms with E-state index in [1.54, 1.807) is 30.5 Å². The molecule has 0 unspecified atom stereocenters. The molecule has 0 amide bonds. The molecule has 2 aliphatic heterocycles. The number of para-hydroxylation sites is 4. The normalized spacial score (nSPS) is 14.6. The number of ether oxygens (including phenoxy) is 1. The molecule has 0 radical (unpaired) electrons. The van der Waals surface area contributed by atoms with Crippen LogP contribution in [-0.4, -0.2) is 24.3 Å². The molecule has 14 rings (SSSR count). The minimum absolute atomic E-state index is 0.00102. The smallest absolute Gasteiger partial charge is 0.181 e. The minimum atomic E-state index is -3.21. The summed E-state index contributed by atoms with van der Waals surface area (Å²) in [4.78, 5) is 9.51. The Hall–Kier alpha value is -9.23. The van der Waals surface area contributed by atoms with Crippen molar-refractivity contribution in [3.05, 3.63) is 266 Å². The number of aryl methyl sites for hydroxylation is 1. The van der Waals surface area contributed by atoms with E-state index in [0.717, 1.165) is 72.4 Å². The molecule has 0 fully saturated rings. The molecule has 0 saturated carbocycles. The van der Waals surface area contributed by atoms with Crippen molar-refractivity contribution in [1.82, 2.24) is 9.55 Å². The van der Waals surface area contributed by atoms with Crippen molar-refractivity contribution >= 4 is 73.4 Å². The van der Waals surface area contributed by atoms with Crippen LogP contribution in [0.25, 0.3) is 61.0 Å². The molecule has 0 N–H and O–H groups in total. The molecule has 4 heterocycles. The van der Waals surface area contributed by atoms with Crippen LogP contribution in [0.1, 0.15) is 13.8 Å². The number of pyridine rings is 1. The number of aromatic nitrogens is 2. The van der Waals surface area contributed by atoms with E-state index in [4.69, 9.17) is 17.9 Å². The summed E-state index contributed by atoms with van der Waals surface area (Å²) in [7, 11) is -3.21. The molecule has 10 aromatic carbocycles. The van der Waals surface area contributed by atoms with Crippen LogP contribution in [0.4, 0.5) is 22.7 Å². The van der Waals surface area contributed by atoms with Gasteiger partial charge in [0.25, 0.3) is 0 Å². The SMILES string of the molecule is [2H]c1cc(-c2cccc(-c3ccccc3)c2N2CN(c3cccc(Oc4cc5c(c6c4-c4ccccc4[Si]6(c4ccccc4)c4ccccc4)c4ccccc4n5-c4cc(C([2H])([2H])[2H])ccn4)c3)c3ccccc32)cc([2H])c1[2H]. The van der Waals surface area contributed by atoms with Gasteiger partial charge in [-0.2, -0.15) is 0 Å². The van der Waals surface area contributed by atoms with Crippen molar-refractivity contribution in [2.75, 3.05) is 16.5 Å². The van der Waals surface area contributed by atoms with Crippen molar-refractivity contribution < 1.29 is 13.0 Å². The molecular weight excluding hydrogens is 905 g/mol. The summed E-state index contributed by atoms with van der Waals surface area (Å²) in [5, 5.41) is 7.01. The van der Waals surface area contributed by atoms with Crippen molar-refractivity contribution in [2.24, 2.45) is 0 Å². The van der Waals surface area contributed by atoms with E-state index in [-0.39, 0.29) is 23.7 Å². The second kappa shape index (κ2) is 17.3. The standard InChI is InChI=1S/C67H48N4OSi/c1-46-40-41-68-63(42-46)71-57-36-16-14-32-55(57)64-60(71)44-61(65-56-33-15-19-39-62(56)73(67(64)65,51-28-10-4-11-29-51)52-30-12-5-13-31-52)72-50-27-20-26-49(43-50)69-45-70(59-38-18-17-37-58(59)69)66-53(47-22-6-2-7-23-47)34-21-35-54(66)48-24-8-3-9-25-48/h2-44H,45H2,1H3/i1D3,2D,6D,7D. The van der Waals surface area contributed by atoms with Gasteiger partial charge in [-0.15, -0.1) is 0 Å². The molecule has 73 heavy (non-hydrogen) atoms. The number of hydrogen-bond acceptors (Lipinski definition) is 4. The maximum atomic E-state index is 8.67. The maximum absolute atomic E-state index is 8.67. The number of rotatable bonds is 9. The molecule has 0 atom stereocenters. The Morgan fingerprint density at radius 1 is 0.534 bits per heavy atom. The average molecular weight is 959 g/mol. The average Bonchev–Trinajstić information content (AvgIpc) is 2.07. The van der Waals surface area contributed by atoms with Crippen molar-refractivity contribution in [3.8, 4) is 50.7 Å². The zero-order chi connectivity index (χ0) is 53.6. The fourth-order valence-electron chi connectivity index (χ4n) is 11.8. The number of hydrogen-bond donors (Lipinski definition) is 0. The molecule has 5 nitrogen and oxygen atoms in total.